The van der Waals surface area contributed by atoms with Crippen LogP contribution in [0.1, 0.15) is 0 Å². The van der Waals surface area contributed by atoms with Crippen molar-refractivity contribution in [2.45, 2.75) is 0 Å². The molecule has 1 nitrogen and oxygen atoms in total. The Kier molecular flexibility index (Phi) is 6.28. The minimum Gasteiger partial charge on any atom is -0.456 e. The Hall–Kier alpha value is -6.74. The maximum Gasteiger partial charge on any atom is 0.136 e. The van der Waals surface area contributed by atoms with E-state index in [-0.39, 0.29) is 0 Å². The molecule has 250 valence electrons. The van der Waals surface area contributed by atoms with Gasteiger partial charge in [-0.05, 0) is 107 Å². The van der Waals surface area contributed by atoms with Crippen LogP contribution in [0.5, 0.6) is 0 Å². The zero-order valence-corrected chi connectivity index (χ0v) is 30.0. The van der Waals surface area contributed by atoms with E-state index in [0.29, 0.717) is 0 Å². The quantitative estimate of drug-likeness (QED) is 0.167. The Bertz CT molecular complexity index is 3450. The largest absolute Gasteiger partial charge is 0.456 e. The molecule has 54 heavy (non-hydrogen) atoms. The topological polar surface area (TPSA) is 13.1 Å². The van der Waals surface area contributed by atoms with Crippen LogP contribution in [0.4, 0.5) is 0 Å². The third kappa shape index (κ3) is 4.26. The molecule has 0 aliphatic rings. The molecule has 0 amide bonds. The lowest BCUT2D eigenvalue weighted by Crippen LogP contribution is -1.91. The number of thiophene rings is 1. The Labute approximate surface area is 314 Å². The Morgan fingerprint density at radius 1 is 0.315 bits per heavy atom. The first-order valence-corrected chi connectivity index (χ1v) is 19.3. The molecule has 2 aromatic heterocycles. The van der Waals surface area contributed by atoms with Gasteiger partial charge in [0.05, 0.1) is 0 Å². The molecule has 0 spiro atoms. The van der Waals surface area contributed by atoms with E-state index in [1.807, 2.05) is 11.3 Å². The summed E-state index contributed by atoms with van der Waals surface area (Å²) in [7, 11) is 0. The predicted molar refractivity (Wildman–Crippen MR) is 233 cm³/mol. The average Bonchev–Trinajstić information content (AvgIpc) is 3.80. The molecule has 10 aromatic carbocycles. The van der Waals surface area contributed by atoms with Crippen LogP contribution in [0, 0.1) is 0 Å². The molecule has 2 heterocycles. The van der Waals surface area contributed by atoms with E-state index < -0.39 is 0 Å². The number of hydrogen-bond acceptors (Lipinski definition) is 2. The van der Waals surface area contributed by atoms with Gasteiger partial charge < -0.3 is 4.42 Å². The van der Waals surface area contributed by atoms with Crippen molar-refractivity contribution in [1.29, 1.82) is 0 Å². The van der Waals surface area contributed by atoms with Gasteiger partial charge in [-0.3, -0.25) is 0 Å². The van der Waals surface area contributed by atoms with Gasteiger partial charge in [0, 0.05) is 36.3 Å². The molecule has 0 fully saturated rings. The highest BCUT2D eigenvalue weighted by atomic mass is 32.1. The molecule has 0 atom stereocenters. The average molecular weight is 703 g/mol. The van der Waals surface area contributed by atoms with Crippen molar-refractivity contribution in [3.05, 3.63) is 182 Å². The van der Waals surface area contributed by atoms with Crippen molar-refractivity contribution in [2.75, 3.05) is 0 Å². The summed E-state index contributed by atoms with van der Waals surface area (Å²) >= 11 is 1.88. The molecule has 0 saturated carbocycles. The summed E-state index contributed by atoms with van der Waals surface area (Å²) < 4.78 is 9.47. The molecular formula is C52H30OS. The highest BCUT2D eigenvalue weighted by Gasteiger charge is 2.20. The maximum absolute atomic E-state index is 6.80. The summed E-state index contributed by atoms with van der Waals surface area (Å²) in [6, 6.07) is 66.6. The van der Waals surface area contributed by atoms with E-state index >= 15 is 0 Å². The first-order valence-electron chi connectivity index (χ1n) is 18.5. The monoisotopic (exact) mass is 702 g/mol. The van der Waals surface area contributed by atoms with Crippen LogP contribution in [0.3, 0.4) is 0 Å². The molecule has 0 radical (unpaired) electrons. The highest BCUT2D eigenvalue weighted by molar-refractivity contribution is 7.26. The summed E-state index contributed by atoms with van der Waals surface area (Å²) in [5, 5.41) is 14.9. The van der Waals surface area contributed by atoms with E-state index in [4.69, 9.17) is 4.42 Å². The van der Waals surface area contributed by atoms with Gasteiger partial charge in [0.15, 0.2) is 0 Å². The van der Waals surface area contributed by atoms with Gasteiger partial charge in [-0.25, -0.2) is 0 Å². The van der Waals surface area contributed by atoms with Crippen LogP contribution in [0.25, 0.3) is 119 Å². The summed E-state index contributed by atoms with van der Waals surface area (Å²) in [6.45, 7) is 0. The second-order valence-electron chi connectivity index (χ2n) is 14.3. The fourth-order valence-corrected chi connectivity index (χ4v) is 10.3. The van der Waals surface area contributed by atoms with Crippen molar-refractivity contribution in [2.24, 2.45) is 0 Å². The standard InChI is InChI=1S/C52H30OS/c1-2-14-34-31(12-1)13-11-22-39(34)51-42-19-6-4-17-40(42)50(41-18-5-7-20-43(41)51)33-25-27-37-36-26-24-32(28-47(36)53-48(37)29-33)45-30-46-38-16-9-10-23-49(38)54-52(46)44-21-8-3-15-35(44)45/h1-30H. The SMILES string of the molecule is c1ccc2c(-c3c4ccccc4c(-c4ccc5c(c4)oc4cc(-c6cc7c8ccccc8sc7c7ccccc67)ccc45)c4ccccc34)cccc2c1. The van der Waals surface area contributed by atoms with Crippen molar-refractivity contribution in [1.82, 2.24) is 0 Å². The Morgan fingerprint density at radius 2 is 0.852 bits per heavy atom. The zero-order chi connectivity index (χ0) is 35.3. The van der Waals surface area contributed by atoms with Crippen molar-refractivity contribution in [3.8, 4) is 33.4 Å². The van der Waals surface area contributed by atoms with Gasteiger partial charge in [0.1, 0.15) is 11.2 Å². The predicted octanol–water partition coefficient (Wildman–Crippen LogP) is 15.6. The first-order chi connectivity index (χ1) is 26.8. The van der Waals surface area contributed by atoms with Crippen LogP contribution in [0.2, 0.25) is 0 Å². The van der Waals surface area contributed by atoms with Crippen molar-refractivity contribution < 1.29 is 4.42 Å². The molecule has 12 aromatic rings. The lowest BCUT2D eigenvalue weighted by atomic mass is 9.84. The van der Waals surface area contributed by atoms with E-state index in [9.17, 15) is 0 Å². The van der Waals surface area contributed by atoms with E-state index in [2.05, 4.69) is 182 Å². The number of rotatable bonds is 3. The van der Waals surface area contributed by atoms with Crippen LogP contribution >= 0.6 is 11.3 Å². The minimum absolute atomic E-state index is 0.898. The van der Waals surface area contributed by atoms with Crippen LogP contribution in [-0.4, -0.2) is 0 Å². The Morgan fingerprint density at radius 3 is 1.57 bits per heavy atom. The van der Waals surface area contributed by atoms with Crippen LogP contribution in [0.15, 0.2) is 186 Å². The van der Waals surface area contributed by atoms with Crippen molar-refractivity contribution in [3.63, 3.8) is 0 Å². The number of fused-ring (bicyclic) bond motifs is 11. The van der Waals surface area contributed by atoms with Gasteiger partial charge >= 0.3 is 0 Å². The summed E-state index contributed by atoms with van der Waals surface area (Å²) in [5.41, 5.74) is 9.12. The molecule has 0 aliphatic carbocycles. The zero-order valence-electron chi connectivity index (χ0n) is 29.1. The maximum atomic E-state index is 6.80. The third-order valence-electron chi connectivity index (χ3n) is 11.4. The van der Waals surface area contributed by atoms with E-state index in [0.717, 1.165) is 33.1 Å². The minimum atomic E-state index is 0.898. The van der Waals surface area contributed by atoms with Gasteiger partial charge in [0.2, 0.25) is 0 Å². The number of hydrogen-bond donors (Lipinski definition) is 0. The number of furan rings is 1. The smallest absolute Gasteiger partial charge is 0.136 e. The number of benzene rings is 10. The van der Waals surface area contributed by atoms with E-state index in [1.165, 1.54) is 85.5 Å². The second kappa shape index (κ2) is 11.4. The van der Waals surface area contributed by atoms with Gasteiger partial charge in [-0.2, -0.15) is 0 Å². The van der Waals surface area contributed by atoms with Crippen molar-refractivity contribution >= 4 is 96.5 Å². The fraction of sp³-hybridized carbons (Fsp3) is 0. The Balaban J connectivity index is 1.06. The van der Waals surface area contributed by atoms with Gasteiger partial charge in [-0.1, -0.05) is 146 Å². The summed E-state index contributed by atoms with van der Waals surface area (Å²) in [4.78, 5) is 0. The lowest BCUT2D eigenvalue weighted by molar-refractivity contribution is 0.669. The third-order valence-corrected chi connectivity index (χ3v) is 12.7. The first kappa shape index (κ1) is 29.8. The summed E-state index contributed by atoms with van der Waals surface area (Å²) in [5.74, 6) is 0. The highest BCUT2D eigenvalue weighted by Crippen LogP contribution is 2.47. The van der Waals surface area contributed by atoms with E-state index in [1.54, 1.807) is 0 Å². The van der Waals surface area contributed by atoms with Gasteiger partial charge in [0.25, 0.3) is 0 Å². The molecule has 0 aliphatic heterocycles. The van der Waals surface area contributed by atoms with Crippen LogP contribution in [-0.2, 0) is 0 Å². The lowest BCUT2D eigenvalue weighted by Gasteiger charge is -2.18. The van der Waals surface area contributed by atoms with Gasteiger partial charge in [-0.15, -0.1) is 11.3 Å². The molecule has 0 unspecified atom stereocenters. The molecule has 0 saturated heterocycles. The molecular weight excluding hydrogens is 673 g/mol. The second-order valence-corrected chi connectivity index (χ2v) is 15.4. The summed E-state index contributed by atoms with van der Waals surface area (Å²) in [6.07, 6.45) is 0. The molecule has 0 bridgehead atoms. The molecule has 12 rings (SSSR count). The molecule has 2 heteroatoms. The normalized spacial score (nSPS) is 12.1. The fourth-order valence-electron chi connectivity index (χ4n) is 9.06. The molecule has 0 N–H and O–H groups in total. The van der Waals surface area contributed by atoms with Crippen LogP contribution < -0.4 is 0 Å².